The number of carbonyl (C=O) groups excluding carboxylic acids is 2. The van der Waals surface area contributed by atoms with Crippen LogP contribution < -0.4 is 5.32 Å². The largest absolute Gasteiger partial charge is 0.444 e. The van der Waals surface area contributed by atoms with Crippen LogP contribution in [0.15, 0.2) is 24.3 Å². The first-order valence-electron chi connectivity index (χ1n) is 7.78. The van der Waals surface area contributed by atoms with Crippen LogP contribution in [0.1, 0.15) is 39.2 Å². The number of hydrogen-bond acceptors (Lipinski definition) is 3. The van der Waals surface area contributed by atoms with Crippen LogP contribution in [0.25, 0.3) is 0 Å². The maximum atomic E-state index is 13.1. The normalized spacial score (nSPS) is 17.9. The van der Waals surface area contributed by atoms with Crippen LogP contribution in [-0.4, -0.2) is 35.1 Å². The minimum absolute atomic E-state index is 0.231. The summed E-state index contributed by atoms with van der Waals surface area (Å²) in [5.41, 5.74) is 0.0857. The Bertz CT molecular complexity index is 583. The van der Waals surface area contributed by atoms with Crippen LogP contribution in [0.3, 0.4) is 0 Å². The Balaban J connectivity index is 1.94. The number of carbonyl (C=O) groups is 2. The summed E-state index contributed by atoms with van der Waals surface area (Å²) in [5.74, 6) is -0.578. The molecular weight excluding hydrogens is 299 g/mol. The molecule has 23 heavy (non-hydrogen) atoms. The first kappa shape index (κ1) is 17.2. The molecule has 1 aromatic rings. The van der Waals surface area contributed by atoms with E-state index in [1.165, 1.54) is 17.0 Å². The average Bonchev–Trinajstić information content (AvgIpc) is 2.92. The third kappa shape index (κ3) is 4.94. The minimum Gasteiger partial charge on any atom is -0.444 e. The third-order valence-electron chi connectivity index (χ3n) is 3.54. The van der Waals surface area contributed by atoms with Crippen molar-refractivity contribution in [3.63, 3.8) is 0 Å². The molecule has 6 heteroatoms. The fraction of sp³-hybridized carbons (Fsp3) is 0.529. The van der Waals surface area contributed by atoms with Gasteiger partial charge in [0.25, 0.3) is 0 Å². The number of nitrogens with one attached hydrogen (secondary N) is 1. The molecule has 2 rings (SSSR count). The molecule has 1 saturated heterocycles. The fourth-order valence-electron chi connectivity index (χ4n) is 2.53. The first-order chi connectivity index (χ1) is 10.8. The number of likely N-dealkylation sites (tertiary alicyclic amines) is 1. The number of nitrogens with zero attached hydrogens (tertiary/aromatic N) is 1. The van der Waals surface area contributed by atoms with Gasteiger partial charge in [-0.25, -0.2) is 9.18 Å². The van der Waals surface area contributed by atoms with Crippen LogP contribution in [0.5, 0.6) is 0 Å². The van der Waals surface area contributed by atoms with Gasteiger partial charge in [0.1, 0.15) is 17.5 Å². The van der Waals surface area contributed by atoms with Crippen molar-refractivity contribution in [3.8, 4) is 0 Å². The summed E-state index contributed by atoms with van der Waals surface area (Å²) in [7, 11) is 0. The molecule has 5 nitrogen and oxygen atoms in total. The van der Waals surface area contributed by atoms with Gasteiger partial charge in [0.15, 0.2) is 0 Å². The van der Waals surface area contributed by atoms with Gasteiger partial charge in [-0.05, 0) is 51.3 Å². The van der Waals surface area contributed by atoms with Gasteiger partial charge in [0, 0.05) is 13.1 Å². The molecule has 1 atom stereocenters. The van der Waals surface area contributed by atoms with E-state index >= 15 is 0 Å². The quantitative estimate of drug-likeness (QED) is 0.931. The summed E-state index contributed by atoms with van der Waals surface area (Å²) in [6.07, 6.45) is 0.895. The highest BCUT2D eigenvalue weighted by molar-refractivity contribution is 5.86. The van der Waals surface area contributed by atoms with Crippen molar-refractivity contribution in [2.75, 3.05) is 6.54 Å². The van der Waals surface area contributed by atoms with E-state index in [-0.39, 0.29) is 18.3 Å². The van der Waals surface area contributed by atoms with Gasteiger partial charge in [-0.2, -0.15) is 0 Å². The molecule has 1 heterocycles. The molecule has 1 fully saturated rings. The molecule has 1 unspecified atom stereocenters. The molecule has 0 saturated carbocycles. The maximum Gasteiger partial charge on any atom is 0.410 e. The lowest BCUT2D eigenvalue weighted by Crippen LogP contribution is -2.47. The Labute approximate surface area is 135 Å². The monoisotopic (exact) mass is 322 g/mol. The lowest BCUT2D eigenvalue weighted by molar-refractivity contribution is -0.125. The lowest BCUT2D eigenvalue weighted by atomic mass is 10.2. The third-order valence-corrected chi connectivity index (χ3v) is 3.54. The van der Waals surface area contributed by atoms with Crippen LogP contribution in [0.2, 0.25) is 0 Å². The van der Waals surface area contributed by atoms with Crippen molar-refractivity contribution in [1.29, 1.82) is 0 Å². The number of hydrogen-bond donors (Lipinski definition) is 1. The summed E-state index contributed by atoms with van der Waals surface area (Å²) >= 11 is 0. The van der Waals surface area contributed by atoms with Gasteiger partial charge in [-0.3, -0.25) is 9.69 Å². The zero-order valence-electron chi connectivity index (χ0n) is 13.8. The first-order valence-corrected chi connectivity index (χ1v) is 7.78. The molecule has 0 bridgehead atoms. The van der Waals surface area contributed by atoms with Crippen molar-refractivity contribution in [1.82, 2.24) is 10.2 Å². The SMILES string of the molecule is CC(C)(C)OC(=O)N1CCCC1C(=O)NCc1cccc(F)c1. The van der Waals surface area contributed by atoms with E-state index in [0.29, 0.717) is 18.5 Å². The van der Waals surface area contributed by atoms with Crippen molar-refractivity contribution < 1.29 is 18.7 Å². The van der Waals surface area contributed by atoms with Crippen LogP contribution in [0.4, 0.5) is 9.18 Å². The number of halogens is 1. The number of amides is 2. The molecule has 1 N–H and O–H groups in total. The molecule has 1 aromatic carbocycles. The van der Waals surface area contributed by atoms with Crippen molar-refractivity contribution >= 4 is 12.0 Å². The van der Waals surface area contributed by atoms with E-state index < -0.39 is 17.7 Å². The summed E-state index contributed by atoms with van der Waals surface area (Å²) in [6.45, 7) is 6.11. The molecule has 126 valence electrons. The predicted molar refractivity (Wildman–Crippen MR) is 84.2 cm³/mol. The van der Waals surface area contributed by atoms with Gasteiger partial charge >= 0.3 is 6.09 Å². The van der Waals surface area contributed by atoms with E-state index in [1.807, 2.05) is 0 Å². The summed E-state index contributed by atoms with van der Waals surface area (Å²) in [6, 6.07) is 5.54. The van der Waals surface area contributed by atoms with Crippen molar-refractivity contribution in [3.05, 3.63) is 35.6 Å². The zero-order chi connectivity index (χ0) is 17.0. The second-order valence-electron chi connectivity index (χ2n) is 6.68. The number of rotatable bonds is 3. The second kappa shape index (κ2) is 6.98. The smallest absolute Gasteiger partial charge is 0.410 e. The Morgan fingerprint density at radius 1 is 1.39 bits per heavy atom. The highest BCUT2D eigenvalue weighted by Gasteiger charge is 2.36. The Kier molecular flexibility index (Phi) is 5.23. The van der Waals surface area contributed by atoms with Gasteiger partial charge in [-0.15, -0.1) is 0 Å². The second-order valence-corrected chi connectivity index (χ2v) is 6.68. The fourth-order valence-corrected chi connectivity index (χ4v) is 2.53. The van der Waals surface area contributed by atoms with Crippen LogP contribution in [-0.2, 0) is 16.1 Å². The Morgan fingerprint density at radius 3 is 2.78 bits per heavy atom. The van der Waals surface area contributed by atoms with E-state index in [2.05, 4.69) is 5.32 Å². The molecule has 1 aliphatic rings. The van der Waals surface area contributed by atoms with Gasteiger partial charge in [-0.1, -0.05) is 12.1 Å². The molecular formula is C17H23FN2O3. The predicted octanol–water partition coefficient (Wildman–Crippen LogP) is 2.84. The van der Waals surface area contributed by atoms with E-state index in [0.717, 1.165) is 6.42 Å². The van der Waals surface area contributed by atoms with Gasteiger partial charge in [0.05, 0.1) is 0 Å². The highest BCUT2D eigenvalue weighted by Crippen LogP contribution is 2.21. The van der Waals surface area contributed by atoms with Crippen molar-refractivity contribution in [2.24, 2.45) is 0 Å². The highest BCUT2D eigenvalue weighted by atomic mass is 19.1. The average molecular weight is 322 g/mol. The Morgan fingerprint density at radius 2 is 2.13 bits per heavy atom. The summed E-state index contributed by atoms with van der Waals surface area (Å²) in [5, 5.41) is 2.76. The molecule has 2 amide bonds. The van der Waals surface area contributed by atoms with Gasteiger partial charge in [0.2, 0.25) is 5.91 Å². The number of benzene rings is 1. The molecule has 0 aliphatic carbocycles. The minimum atomic E-state index is -0.595. The lowest BCUT2D eigenvalue weighted by Gasteiger charge is -2.28. The molecule has 0 spiro atoms. The Hall–Kier alpha value is -2.11. The van der Waals surface area contributed by atoms with Gasteiger partial charge < -0.3 is 10.1 Å². The molecule has 0 radical (unpaired) electrons. The molecule has 0 aromatic heterocycles. The standard InChI is InChI=1S/C17H23FN2O3/c1-17(2,3)23-16(22)20-9-5-8-14(20)15(21)19-11-12-6-4-7-13(18)10-12/h4,6-7,10,14H,5,8-9,11H2,1-3H3,(H,19,21). The zero-order valence-corrected chi connectivity index (χ0v) is 13.8. The summed E-state index contributed by atoms with van der Waals surface area (Å²) in [4.78, 5) is 26.0. The van der Waals surface area contributed by atoms with Crippen LogP contribution in [0, 0.1) is 5.82 Å². The van der Waals surface area contributed by atoms with Crippen molar-refractivity contribution in [2.45, 2.75) is 51.8 Å². The topological polar surface area (TPSA) is 58.6 Å². The number of ether oxygens (including phenoxy) is 1. The van der Waals surface area contributed by atoms with Crippen LogP contribution >= 0.6 is 0 Å². The summed E-state index contributed by atoms with van der Waals surface area (Å²) < 4.78 is 18.5. The van der Waals surface area contributed by atoms with E-state index in [9.17, 15) is 14.0 Å². The van der Waals surface area contributed by atoms with E-state index in [4.69, 9.17) is 4.74 Å². The molecule has 1 aliphatic heterocycles. The van der Waals surface area contributed by atoms with E-state index in [1.54, 1.807) is 32.9 Å². The maximum absolute atomic E-state index is 13.1.